The minimum absolute atomic E-state index is 0.471. The summed E-state index contributed by atoms with van der Waals surface area (Å²) in [6, 6.07) is 13.5. The van der Waals surface area contributed by atoms with Gasteiger partial charge in [0.05, 0.1) is 0 Å². The van der Waals surface area contributed by atoms with Crippen molar-refractivity contribution in [3.8, 4) is 0 Å². The molecule has 0 fully saturated rings. The fourth-order valence-electron chi connectivity index (χ4n) is 4.25. The summed E-state index contributed by atoms with van der Waals surface area (Å²) in [4.78, 5) is 12.1. The smallest absolute Gasteiger partial charge is 0.132 e. The molecule has 2 aromatic carbocycles. The molecule has 0 atom stereocenters. The van der Waals surface area contributed by atoms with Crippen LogP contribution in [-0.2, 0) is 17.6 Å². The highest BCUT2D eigenvalue weighted by atomic mass is 16.1. The van der Waals surface area contributed by atoms with Crippen molar-refractivity contribution in [1.29, 1.82) is 0 Å². The van der Waals surface area contributed by atoms with Crippen molar-refractivity contribution in [1.82, 2.24) is 0 Å². The molecule has 2 aromatic rings. The predicted octanol–water partition coefficient (Wildman–Crippen LogP) is 8.18. The summed E-state index contributed by atoms with van der Waals surface area (Å²) >= 11 is 0. The van der Waals surface area contributed by atoms with Crippen molar-refractivity contribution in [2.75, 3.05) is 0 Å². The highest BCUT2D eigenvalue weighted by Crippen LogP contribution is 2.17. The van der Waals surface area contributed by atoms with E-state index in [0.29, 0.717) is 5.78 Å². The van der Waals surface area contributed by atoms with Crippen molar-refractivity contribution < 1.29 is 4.79 Å². The minimum atomic E-state index is 0.471. The van der Waals surface area contributed by atoms with Gasteiger partial charge < -0.3 is 0 Å². The molecule has 164 valence electrons. The van der Waals surface area contributed by atoms with Gasteiger partial charge >= 0.3 is 0 Å². The van der Waals surface area contributed by atoms with Crippen molar-refractivity contribution >= 4 is 5.78 Å². The molecule has 0 radical (unpaired) electrons. The van der Waals surface area contributed by atoms with Gasteiger partial charge in [0, 0.05) is 12.8 Å². The first-order valence-electron chi connectivity index (χ1n) is 12.1. The largest absolute Gasteiger partial charge is 0.300 e. The number of unbranched alkanes of at least 4 members (excludes halogenated alkanes) is 6. The van der Waals surface area contributed by atoms with Gasteiger partial charge in [-0.1, -0.05) is 73.2 Å². The van der Waals surface area contributed by atoms with Crippen LogP contribution in [-0.4, -0.2) is 5.78 Å². The average molecular weight is 407 g/mol. The van der Waals surface area contributed by atoms with Gasteiger partial charge in [-0.05, 0) is 88.5 Å². The zero-order valence-electron chi connectivity index (χ0n) is 19.9. The van der Waals surface area contributed by atoms with Crippen LogP contribution in [0.15, 0.2) is 36.4 Å². The minimum Gasteiger partial charge on any atom is -0.300 e. The van der Waals surface area contributed by atoms with Crippen LogP contribution in [0, 0.1) is 27.7 Å². The van der Waals surface area contributed by atoms with Crippen molar-refractivity contribution in [2.24, 2.45) is 0 Å². The summed E-state index contributed by atoms with van der Waals surface area (Å²) in [5.74, 6) is 0.471. The third-order valence-corrected chi connectivity index (χ3v) is 6.31. The van der Waals surface area contributed by atoms with Gasteiger partial charge in [0.15, 0.2) is 0 Å². The van der Waals surface area contributed by atoms with Crippen LogP contribution in [0.4, 0.5) is 0 Å². The molecule has 0 heterocycles. The van der Waals surface area contributed by atoms with Crippen LogP contribution in [0.5, 0.6) is 0 Å². The number of Topliss-reactive ketones (excluding diaryl/α,β-unsaturated/α-hetero) is 1. The molecule has 0 spiro atoms. The summed E-state index contributed by atoms with van der Waals surface area (Å²) in [6.07, 6.45) is 13.4. The van der Waals surface area contributed by atoms with E-state index in [1.807, 2.05) is 0 Å². The summed E-state index contributed by atoms with van der Waals surface area (Å²) < 4.78 is 0. The molecular weight excluding hydrogens is 364 g/mol. The van der Waals surface area contributed by atoms with E-state index in [4.69, 9.17) is 0 Å². The van der Waals surface area contributed by atoms with Crippen molar-refractivity contribution in [3.63, 3.8) is 0 Å². The number of rotatable bonds is 14. The van der Waals surface area contributed by atoms with Gasteiger partial charge in [0.2, 0.25) is 0 Å². The summed E-state index contributed by atoms with van der Waals surface area (Å²) in [5, 5.41) is 0. The highest BCUT2D eigenvalue weighted by molar-refractivity contribution is 5.78. The Balaban J connectivity index is 1.45. The Kier molecular flexibility index (Phi) is 10.9. The molecule has 0 unspecified atom stereocenters. The predicted molar refractivity (Wildman–Crippen MR) is 130 cm³/mol. The fourth-order valence-corrected chi connectivity index (χ4v) is 4.25. The zero-order chi connectivity index (χ0) is 21.8. The lowest BCUT2D eigenvalue weighted by molar-refractivity contribution is -0.119. The van der Waals surface area contributed by atoms with Gasteiger partial charge in [-0.15, -0.1) is 0 Å². The van der Waals surface area contributed by atoms with Gasteiger partial charge in [-0.2, -0.15) is 0 Å². The molecule has 0 saturated heterocycles. The average Bonchev–Trinajstić information content (AvgIpc) is 2.72. The molecule has 0 aromatic heterocycles. The number of hydrogen-bond acceptors (Lipinski definition) is 1. The third-order valence-electron chi connectivity index (χ3n) is 6.31. The summed E-state index contributed by atoms with van der Waals surface area (Å²) in [6.45, 7) is 8.74. The molecular formula is C29H42O. The lowest BCUT2D eigenvalue weighted by atomic mass is 9.98. The Morgan fingerprint density at radius 2 is 0.967 bits per heavy atom. The van der Waals surface area contributed by atoms with E-state index < -0.39 is 0 Å². The maximum absolute atomic E-state index is 12.1. The van der Waals surface area contributed by atoms with Crippen molar-refractivity contribution in [2.45, 2.75) is 105 Å². The van der Waals surface area contributed by atoms with E-state index in [0.717, 1.165) is 25.7 Å². The van der Waals surface area contributed by atoms with E-state index in [2.05, 4.69) is 64.1 Å². The van der Waals surface area contributed by atoms with E-state index in [9.17, 15) is 4.79 Å². The maximum atomic E-state index is 12.1. The second-order valence-corrected chi connectivity index (χ2v) is 9.23. The normalized spacial score (nSPS) is 11.1. The first-order valence-corrected chi connectivity index (χ1v) is 12.1. The van der Waals surface area contributed by atoms with Gasteiger partial charge in [0.1, 0.15) is 5.78 Å². The van der Waals surface area contributed by atoms with Crippen LogP contribution in [0.25, 0.3) is 0 Å². The lowest BCUT2D eigenvalue weighted by Crippen LogP contribution is -1.98. The zero-order valence-corrected chi connectivity index (χ0v) is 19.9. The lowest BCUT2D eigenvalue weighted by Gasteiger charge is -2.07. The Bertz CT molecular complexity index is 721. The standard InChI is InChI=1S/C29H42O/c1-23-17-19-25(3)27(21-23)13-9-5-7-11-15-29(30)16-12-8-6-10-14-28-22-24(2)18-20-26(28)4/h17-22H,5-16H2,1-4H3. The van der Waals surface area contributed by atoms with Crippen LogP contribution in [0.3, 0.4) is 0 Å². The Labute approximate surface area is 185 Å². The molecule has 1 heteroatoms. The topological polar surface area (TPSA) is 17.1 Å². The van der Waals surface area contributed by atoms with Crippen LogP contribution >= 0.6 is 0 Å². The maximum Gasteiger partial charge on any atom is 0.132 e. The number of carbonyl (C=O) groups excluding carboxylic acids is 1. The van der Waals surface area contributed by atoms with Crippen molar-refractivity contribution in [3.05, 3.63) is 69.8 Å². The summed E-state index contributed by atoms with van der Waals surface area (Å²) in [5.41, 5.74) is 8.50. The highest BCUT2D eigenvalue weighted by Gasteiger charge is 2.04. The van der Waals surface area contributed by atoms with E-state index >= 15 is 0 Å². The fraction of sp³-hybridized carbons (Fsp3) is 0.552. The molecule has 0 aliphatic rings. The van der Waals surface area contributed by atoms with Crippen LogP contribution in [0.1, 0.15) is 97.6 Å². The molecule has 0 N–H and O–H groups in total. The second kappa shape index (κ2) is 13.4. The van der Waals surface area contributed by atoms with Gasteiger partial charge in [-0.25, -0.2) is 0 Å². The number of carbonyl (C=O) groups is 1. The SMILES string of the molecule is Cc1ccc(C)c(CCCCCCC(=O)CCCCCCc2cc(C)ccc2C)c1. The van der Waals surface area contributed by atoms with Gasteiger partial charge in [0.25, 0.3) is 0 Å². The van der Waals surface area contributed by atoms with E-state index in [1.165, 1.54) is 84.7 Å². The third kappa shape index (κ3) is 9.28. The quantitative estimate of drug-likeness (QED) is 0.289. The molecule has 0 saturated carbocycles. The molecule has 2 rings (SSSR count). The molecule has 0 bridgehead atoms. The Hall–Kier alpha value is -1.89. The van der Waals surface area contributed by atoms with Crippen LogP contribution in [0.2, 0.25) is 0 Å². The number of benzene rings is 2. The van der Waals surface area contributed by atoms with E-state index in [1.54, 1.807) is 0 Å². The Morgan fingerprint density at radius 3 is 1.40 bits per heavy atom. The molecule has 30 heavy (non-hydrogen) atoms. The molecule has 0 amide bonds. The van der Waals surface area contributed by atoms with E-state index in [-0.39, 0.29) is 0 Å². The van der Waals surface area contributed by atoms with Gasteiger partial charge in [-0.3, -0.25) is 4.79 Å². The number of hydrogen-bond donors (Lipinski definition) is 0. The molecule has 1 nitrogen and oxygen atoms in total. The first-order chi connectivity index (χ1) is 14.5. The molecule has 0 aliphatic carbocycles. The number of aryl methyl sites for hydroxylation is 6. The summed E-state index contributed by atoms with van der Waals surface area (Å²) in [7, 11) is 0. The molecule has 0 aliphatic heterocycles. The second-order valence-electron chi connectivity index (χ2n) is 9.23. The number of ketones is 1. The first kappa shape index (κ1) is 24.4. The monoisotopic (exact) mass is 406 g/mol. The van der Waals surface area contributed by atoms with Crippen LogP contribution < -0.4 is 0 Å². The Morgan fingerprint density at radius 1 is 0.567 bits per heavy atom.